The number of hydrogen-bond donors (Lipinski definition) is 0. The van der Waals surface area contributed by atoms with Crippen molar-refractivity contribution in [2.24, 2.45) is 0 Å². The highest BCUT2D eigenvalue weighted by Gasteiger charge is 2.31. The van der Waals surface area contributed by atoms with Crippen LogP contribution in [0.5, 0.6) is 0 Å². The van der Waals surface area contributed by atoms with Crippen LogP contribution >= 0.6 is 11.3 Å². The zero-order valence-electron chi connectivity index (χ0n) is 12.2. The van der Waals surface area contributed by atoms with Crippen LogP contribution in [0.4, 0.5) is 5.82 Å². The molecular formula is C15H18N4OS. The highest BCUT2D eigenvalue weighted by Crippen LogP contribution is 2.34. The molecule has 1 fully saturated rings. The number of likely N-dealkylation sites (tertiary alicyclic amines) is 1. The normalized spacial score (nSPS) is 18.0. The number of carbonyl (C=O) groups is 1. The van der Waals surface area contributed by atoms with Crippen LogP contribution in [0.3, 0.4) is 0 Å². The maximum absolute atomic E-state index is 12.6. The van der Waals surface area contributed by atoms with Gasteiger partial charge in [0.25, 0.3) is 5.91 Å². The Morgan fingerprint density at radius 1 is 1.48 bits per heavy atom. The number of thiazole rings is 1. The topological polar surface area (TPSA) is 49.3 Å². The van der Waals surface area contributed by atoms with Crippen molar-refractivity contribution in [2.75, 3.05) is 25.5 Å². The summed E-state index contributed by atoms with van der Waals surface area (Å²) in [7, 11) is 3.95. The first-order chi connectivity index (χ1) is 10.2. The van der Waals surface area contributed by atoms with Gasteiger partial charge in [-0.2, -0.15) is 0 Å². The van der Waals surface area contributed by atoms with E-state index in [9.17, 15) is 4.79 Å². The first-order valence-electron chi connectivity index (χ1n) is 6.99. The lowest BCUT2D eigenvalue weighted by molar-refractivity contribution is 0.0740. The second-order valence-electron chi connectivity index (χ2n) is 5.36. The number of aromatic nitrogens is 2. The fourth-order valence-electron chi connectivity index (χ4n) is 2.71. The average Bonchev–Trinajstić information content (AvgIpc) is 3.18. The third-order valence-corrected chi connectivity index (χ3v) is 4.53. The number of rotatable bonds is 3. The number of amides is 1. The summed E-state index contributed by atoms with van der Waals surface area (Å²) in [5.74, 6) is 1.01. The first-order valence-corrected chi connectivity index (χ1v) is 7.87. The van der Waals surface area contributed by atoms with E-state index in [1.54, 1.807) is 11.7 Å². The Bertz CT molecular complexity index is 626. The smallest absolute Gasteiger partial charge is 0.266 e. The molecule has 5 nitrogen and oxygen atoms in total. The van der Waals surface area contributed by atoms with Gasteiger partial charge in [0, 0.05) is 26.8 Å². The Balaban J connectivity index is 1.87. The van der Waals surface area contributed by atoms with Crippen LogP contribution in [-0.4, -0.2) is 41.4 Å². The molecule has 1 aliphatic heterocycles. The van der Waals surface area contributed by atoms with E-state index >= 15 is 0 Å². The van der Waals surface area contributed by atoms with Gasteiger partial charge in [0.15, 0.2) is 0 Å². The Hall–Kier alpha value is -1.95. The van der Waals surface area contributed by atoms with Gasteiger partial charge in [-0.05, 0) is 30.5 Å². The van der Waals surface area contributed by atoms with E-state index in [-0.39, 0.29) is 11.9 Å². The van der Waals surface area contributed by atoms with Crippen LogP contribution in [0.15, 0.2) is 30.0 Å². The molecule has 1 aliphatic rings. The minimum Gasteiger partial charge on any atom is -0.363 e. The SMILES string of the molecule is CN(C)c1cc([C@@H]2CCCN2C(=O)c2cncs2)ccn1. The number of pyridine rings is 1. The Labute approximate surface area is 128 Å². The van der Waals surface area contributed by atoms with Crippen molar-refractivity contribution in [3.63, 3.8) is 0 Å². The fourth-order valence-corrected chi connectivity index (χ4v) is 3.28. The molecular weight excluding hydrogens is 284 g/mol. The molecule has 6 heteroatoms. The lowest BCUT2D eigenvalue weighted by atomic mass is 10.1. The predicted molar refractivity (Wildman–Crippen MR) is 83.7 cm³/mol. The Morgan fingerprint density at radius 2 is 2.33 bits per heavy atom. The van der Waals surface area contributed by atoms with Gasteiger partial charge in [-0.3, -0.25) is 9.78 Å². The standard InChI is InChI=1S/C15H18N4OS/c1-18(2)14-8-11(5-6-17-14)12-4-3-7-19(12)15(20)13-9-16-10-21-13/h5-6,8-10,12H,3-4,7H2,1-2H3/t12-/m0/s1. The van der Waals surface area contributed by atoms with E-state index in [2.05, 4.69) is 16.0 Å². The first kappa shape index (κ1) is 14.0. The third-order valence-electron chi connectivity index (χ3n) is 3.77. The molecule has 2 aromatic heterocycles. The molecule has 2 aromatic rings. The van der Waals surface area contributed by atoms with Gasteiger partial charge >= 0.3 is 0 Å². The van der Waals surface area contributed by atoms with Crippen LogP contribution < -0.4 is 4.90 Å². The summed E-state index contributed by atoms with van der Waals surface area (Å²) in [4.78, 5) is 25.6. The van der Waals surface area contributed by atoms with Crippen LogP contribution in [-0.2, 0) is 0 Å². The molecule has 1 atom stereocenters. The van der Waals surface area contributed by atoms with Crippen molar-refractivity contribution in [2.45, 2.75) is 18.9 Å². The second kappa shape index (κ2) is 5.81. The van der Waals surface area contributed by atoms with Crippen molar-refractivity contribution in [1.29, 1.82) is 0 Å². The van der Waals surface area contributed by atoms with E-state index in [1.807, 2.05) is 36.2 Å². The van der Waals surface area contributed by atoms with Crippen molar-refractivity contribution in [3.05, 3.63) is 40.5 Å². The van der Waals surface area contributed by atoms with Crippen molar-refractivity contribution in [1.82, 2.24) is 14.9 Å². The molecule has 0 radical (unpaired) electrons. The van der Waals surface area contributed by atoms with Crippen LogP contribution in [0.2, 0.25) is 0 Å². The van der Waals surface area contributed by atoms with Gasteiger partial charge in [-0.1, -0.05) is 0 Å². The molecule has 0 aromatic carbocycles. The van der Waals surface area contributed by atoms with Gasteiger partial charge in [-0.15, -0.1) is 11.3 Å². The summed E-state index contributed by atoms with van der Waals surface area (Å²) in [5.41, 5.74) is 2.86. The largest absolute Gasteiger partial charge is 0.363 e. The molecule has 21 heavy (non-hydrogen) atoms. The monoisotopic (exact) mass is 302 g/mol. The molecule has 110 valence electrons. The molecule has 0 bridgehead atoms. The van der Waals surface area contributed by atoms with Gasteiger partial charge in [0.05, 0.1) is 17.7 Å². The van der Waals surface area contributed by atoms with Crippen LogP contribution in [0.1, 0.15) is 34.1 Å². The molecule has 1 saturated heterocycles. The average molecular weight is 302 g/mol. The second-order valence-corrected chi connectivity index (χ2v) is 6.25. The zero-order chi connectivity index (χ0) is 14.8. The highest BCUT2D eigenvalue weighted by molar-refractivity contribution is 7.11. The fraction of sp³-hybridized carbons (Fsp3) is 0.400. The van der Waals surface area contributed by atoms with E-state index in [0.717, 1.165) is 30.8 Å². The van der Waals surface area contributed by atoms with Gasteiger partial charge < -0.3 is 9.80 Å². The Morgan fingerprint density at radius 3 is 3.05 bits per heavy atom. The third kappa shape index (κ3) is 2.76. The van der Waals surface area contributed by atoms with E-state index in [4.69, 9.17) is 0 Å². The summed E-state index contributed by atoms with van der Waals surface area (Å²) in [6.45, 7) is 0.807. The maximum Gasteiger partial charge on any atom is 0.266 e. The molecule has 3 heterocycles. The predicted octanol–water partition coefficient (Wildman–Crippen LogP) is 2.58. The van der Waals surface area contributed by atoms with Gasteiger partial charge in [-0.25, -0.2) is 4.98 Å². The molecule has 1 amide bonds. The molecule has 0 spiro atoms. The molecule has 0 aliphatic carbocycles. The lowest BCUT2D eigenvalue weighted by Gasteiger charge is -2.25. The van der Waals surface area contributed by atoms with Crippen LogP contribution in [0.25, 0.3) is 0 Å². The number of hydrogen-bond acceptors (Lipinski definition) is 5. The lowest BCUT2D eigenvalue weighted by Crippen LogP contribution is -2.30. The van der Waals surface area contributed by atoms with Gasteiger partial charge in [0.2, 0.25) is 0 Å². The van der Waals surface area contributed by atoms with E-state index in [1.165, 1.54) is 11.3 Å². The Kier molecular flexibility index (Phi) is 3.88. The molecule has 0 saturated carbocycles. The molecule has 0 N–H and O–H groups in total. The maximum atomic E-state index is 12.6. The number of nitrogens with zero attached hydrogens (tertiary/aromatic N) is 4. The number of anilines is 1. The van der Waals surface area contributed by atoms with Gasteiger partial charge in [0.1, 0.15) is 10.7 Å². The van der Waals surface area contributed by atoms with Crippen molar-refractivity contribution < 1.29 is 4.79 Å². The van der Waals surface area contributed by atoms with Crippen molar-refractivity contribution in [3.8, 4) is 0 Å². The minimum absolute atomic E-state index is 0.0863. The molecule has 0 unspecified atom stereocenters. The summed E-state index contributed by atoms with van der Waals surface area (Å²) in [5, 5.41) is 0. The summed E-state index contributed by atoms with van der Waals surface area (Å²) >= 11 is 1.40. The molecule has 3 rings (SSSR count). The minimum atomic E-state index is 0.0863. The number of carbonyl (C=O) groups excluding carboxylic acids is 1. The van der Waals surface area contributed by atoms with Crippen molar-refractivity contribution >= 4 is 23.1 Å². The quantitative estimate of drug-likeness (QED) is 0.874. The highest BCUT2D eigenvalue weighted by atomic mass is 32.1. The van der Waals surface area contributed by atoms with Crippen LogP contribution in [0, 0.1) is 0 Å². The van der Waals surface area contributed by atoms with E-state index in [0.29, 0.717) is 4.88 Å². The summed E-state index contributed by atoms with van der Waals surface area (Å²) in [6.07, 6.45) is 5.51. The van der Waals surface area contributed by atoms with E-state index < -0.39 is 0 Å². The zero-order valence-corrected chi connectivity index (χ0v) is 13.0. The summed E-state index contributed by atoms with van der Waals surface area (Å²) < 4.78 is 0. The summed E-state index contributed by atoms with van der Waals surface area (Å²) in [6, 6.07) is 4.22.